The van der Waals surface area contributed by atoms with Gasteiger partial charge in [-0.2, -0.15) is 0 Å². The van der Waals surface area contributed by atoms with Gasteiger partial charge in [-0.05, 0) is 13.0 Å². The number of amides is 1. The van der Waals surface area contributed by atoms with Crippen molar-refractivity contribution < 1.29 is 9.90 Å². The summed E-state index contributed by atoms with van der Waals surface area (Å²) in [5.41, 5.74) is 0. The Morgan fingerprint density at radius 1 is 1.31 bits per heavy atom. The number of nitrogens with one attached hydrogen (secondary N) is 1. The van der Waals surface area contributed by atoms with E-state index in [1.54, 1.807) is 0 Å². The summed E-state index contributed by atoms with van der Waals surface area (Å²) in [4.78, 5) is 16.0. The zero-order valence-electron chi connectivity index (χ0n) is 9.39. The molecule has 2 rings (SSSR count). The van der Waals surface area contributed by atoms with E-state index in [1.165, 1.54) is 0 Å². The predicted molar refractivity (Wildman–Crippen MR) is 63.8 cm³/mol. The van der Waals surface area contributed by atoms with E-state index in [1.807, 2.05) is 4.90 Å². The van der Waals surface area contributed by atoms with Crippen molar-refractivity contribution in [3.8, 4) is 0 Å². The van der Waals surface area contributed by atoms with Crippen molar-refractivity contribution in [2.24, 2.45) is 0 Å². The van der Waals surface area contributed by atoms with Crippen LogP contribution in [0.4, 0.5) is 0 Å². The number of carbonyl (C=O) groups excluding carboxylic acids is 1. The van der Waals surface area contributed by atoms with Gasteiger partial charge in [0.2, 0.25) is 5.91 Å². The molecule has 0 unspecified atom stereocenters. The number of rotatable bonds is 3. The normalized spacial score (nSPS) is 25.8. The van der Waals surface area contributed by atoms with Crippen molar-refractivity contribution in [3.63, 3.8) is 0 Å². The first-order valence-electron chi connectivity index (χ1n) is 5.66. The third-order valence-corrected chi connectivity index (χ3v) is 3.22. The maximum Gasteiger partial charge on any atom is 0.239 e. The van der Waals surface area contributed by atoms with Gasteiger partial charge in [-0.25, -0.2) is 0 Å². The molecule has 2 aliphatic heterocycles. The van der Waals surface area contributed by atoms with E-state index >= 15 is 0 Å². The highest BCUT2D eigenvalue weighted by Gasteiger charge is 2.30. The fourth-order valence-corrected chi connectivity index (χ4v) is 2.05. The van der Waals surface area contributed by atoms with E-state index in [4.69, 9.17) is 5.11 Å². The van der Waals surface area contributed by atoms with Gasteiger partial charge in [-0.15, -0.1) is 12.4 Å². The molecule has 2 heterocycles. The zero-order valence-corrected chi connectivity index (χ0v) is 10.2. The van der Waals surface area contributed by atoms with E-state index in [0.717, 1.165) is 45.7 Å². The first kappa shape index (κ1) is 13.7. The first-order valence-corrected chi connectivity index (χ1v) is 5.66. The topological polar surface area (TPSA) is 55.8 Å². The molecule has 2 aliphatic rings. The molecule has 0 radical (unpaired) electrons. The number of carbonyl (C=O) groups is 1. The Balaban J connectivity index is 0.00000128. The second-order valence-electron chi connectivity index (χ2n) is 4.19. The minimum absolute atomic E-state index is 0. The SMILES string of the molecule is Cl.O=C([C@H]1CCN1)N1CCN(CCO)CC1. The summed E-state index contributed by atoms with van der Waals surface area (Å²) < 4.78 is 0. The van der Waals surface area contributed by atoms with Crippen molar-refractivity contribution in [2.45, 2.75) is 12.5 Å². The zero-order chi connectivity index (χ0) is 10.7. The average Bonchev–Trinajstić information content (AvgIpc) is 2.16. The molecular weight excluding hydrogens is 230 g/mol. The molecule has 0 spiro atoms. The van der Waals surface area contributed by atoms with Crippen LogP contribution in [0.1, 0.15) is 6.42 Å². The molecule has 94 valence electrons. The van der Waals surface area contributed by atoms with Crippen molar-refractivity contribution in [1.82, 2.24) is 15.1 Å². The van der Waals surface area contributed by atoms with Gasteiger partial charge in [0.1, 0.15) is 0 Å². The minimum Gasteiger partial charge on any atom is -0.395 e. The van der Waals surface area contributed by atoms with Crippen LogP contribution in [0.15, 0.2) is 0 Å². The van der Waals surface area contributed by atoms with Crippen molar-refractivity contribution in [1.29, 1.82) is 0 Å². The Kier molecular flexibility index (Phi) is 5.48. The summed E-state index contributed by atoms with van der Waals surface area (Å²) >= 11 is 0. The number of nitrogens with zero attached hydrogens (tertiary/aromatic N) is 2. The Hall–Kier alpha value is -0.360. The van der Waals surface area contributed by atoms with Crippen LogP contribution in [0, 0.1) is 0 Å². The van der Waals surface area contributed by atoms with Crippen LogP contribution in [0.5, 0.6) is 0 Å². The van der Waals surface area contributed by atoms with Crippen LogP contribution in [0.2, 0.25) is 0 Å². The molecule has 0 saturated carbocycles. The Morgan fingerprint density at radius 2 is 1.94 bits per heavy atom. The molecule has 2 N–H and O–H groups in total. The standard InChI is InChI=1S/C10H19N3O2.ClH/c14-8-7-12-3-5-13(6-4-12)10(15)9-1-2-11-9;/h9,11,14H,1-8H2;1H/t9-;/m1./s1. The molecule has 6 heteroatoms. The molecule has 0 aromatic carbocycles. The van der Waals surface area contributed by atoms with E-state index in [-0.39, 0.29) is 31.0 Å². The Labute approximate surface area is 102 Å². The number of halogens is 1. The van der Waals surface area contributed by atoms with E-state index in [0.29, 0.717) is 0 Å². The second kappa shape index (κ2) is 6.39. The summed E-state index contributed by atoms with van der Waals surface area (Å²) in [5.74, 6) is 0.255. The summed E-state index contributed by atoms with van der Waals surface area (Å²) in [7, 11) is 0. The van der Waals surface area contributed by atoms with Gasteiger partial charge >= 0.3 is 0 Å². The number of hydrogen-bond donors (Lipinski definition) is 2. The second-order valence-corrected chi connectivity index (χ2v) is 4.19. The van der Waals surface area contributed by atoms with Crippen LogP contribution in [0.25, 0.3) is 0 Å². The maximum atomic E-state index is 11.8. The number of aliphatic hydroxyl groups is 1. The molecule has 16 heavy (non-hydrogen) atoms. The molecule has 0 aliphatic carbocycles. The molecule has 2 saturated heterocycles. The lowest BCUT2D eigenvalue weighted by atomic mass is 10.1. The molecule has 0 aromatic rings. The maximum absolute atomic E-state index is 11.8. The smallest absolute Gasteiger partial charge is 0.239 e. The minimum atomic E-state index is 0. The number of β-amino-alcohol motifs (C(OH)–C–C–N with tert-alkyl or cyclic N) is 1. The van der Waals surface area contributed by atoms with Gasteiger partial charge in [0, 0.05) is 32.7 Å². The summed E-state index contributed by atoms with van der Waals surface area (Å²) in [6, 6.07) is 0.0781. The van der Waals surface area contributed by atoms with Crippen LogP contribution in [0.3, 0.4) is 0 Å². The highest BCUT2D eigenvalue weighted by atomic mass is 35.5. The van der Waals surface area contributed by atoms with Crippen LogP contribution in [-0.4, -0.2) is 72.7 Å². The highest BCUT2D eigenvalue weighted by Crippen LogP contribution is 2.09. The molecule has 0 bridgehead atoms. The summed E-state index contributed by atoms with van der Waals surface area (Å²) in [5, 5.41) is 11.9. The Bertz CT molecular complexity index is 228. The highest BCUT2D eigenvalue weighted by molar-refractivity contribution is 5.85. The third kappa shape index (κ3) is 3.07. The first-order chi connectivity index (χ1) is 7.31. The molecule has 2 fully saturated rings. The Morgan fingerprint density at radius 3 is 2.38 bits per heavy atom. The van der Waals surface area contributed by atoms with E-state index in [9.17, 15) is 4.79 Å². The fraction of sp³-hybridized carbons (Fsp3) is 0.900. The lowest BCUT2D eigenvalue weighted by molar-refractivity contribution is -0.137. The van der Waals surface area contributed by atoms with Gasteiger partial charge in [0.25, 0.3) is 0 Å². The van der Waals surface area contributed by atoms with Gasteiger partial charge in [0.05, 0.1) is 12.6 Å². The number of hydrogen-bond acceptors (Lipinski definition) is 4. The lowest BCUT2D eigenvalue weighted by Gasteiger charge is -2.38. The van der Waals surface area contributed by atoms with Crippen molar-refractivity contribution in [2.75, 3.05) is 45.9 Å². The fourth-order valence-electron chi connectivity index (χ4n) is 2.05. The average molecular weight is 250 g/mol. The molecule has 5 nitrogen and oxygen atoms in total. The lowest BCUT2D eigenvalue weighted by Crippen LogP contribution is -2.58. The van der Waals surface area contributed by atoms with E-state index < -0.39 is 0 Å². The van der Waals surface area contributed by atoms with Crippen molar-refractivity contribution in [3.05, 3.63) is 0 Å². The van der Waals surface area contributed by atoms with Crippen LogP contribution < -0.4 is 5.32 Å². The van der Waals surface area contributed by atoms with Gasteiger partial charge in [0.15, 0.2) is 0 Å². The molecule has 0 aromatic heterocycles. The quantitative estimate of drug-likeness (QED) is 0.667. The monoisotopic (exact) mass is 249 g/mol. The number of piperazine rings is 1. The van der Waals surface area contributed by atoms with E-state index in [2.05, 4.69) is 10.2 Å². The number of aliphatic hydroxyl groups excluding tert-OH is 1. The third-order valence-electron chi connectivity index (χ3n) is 3.22. The summed E-state index contributed by atoms with van der Waals surface area (Å²) in [6.45, 7) is 5.29. The van der Waals surface area contributed by atoms with Gasteiger partial charge < -0.3 is 15.3 Å². The predicted octanol–water partition coefficient (Wildman–Crippen LogP) is -1.09. The van der Waals surface area contributed by atoms with Gasteiger partial charge in [-0.1, -0.05) is 0 Å². The summed E-state index contributed by atoms with van der Waals surface area (Å²) in [6.07, 6.45) is 0.982. The molecular formula is C10H20ClN3O2. The molecule has 1 atom stereocenters. The largest absolute Gasteiger partial charge is 0.395 e. The van der Waals surface area contributed by atoms with Crippen LogP contribution >= 0.6 is 12.4 Å². The van der Waals surface area contributed by atoms with Gasteiger partial charge in [-0.3, -0.25) is 9.69 Å². The van der Waals surface area contributed by atoms with Crippen molar-refractivity contribution >= 4 is 18.3 Å². The molecule has 1 amide bonds. The van der Waals surface area contributed by atoms with Crippen LogP contribution in [-0.2, 0) is 4.79 Å².